The van der Waals surface area contributed by atoms with Gasteiger partial charge in [0.1, 0.15) is 6.73 Å². The summed E-state index contributed by atoms with van der Waals surface area (Å²) in [7, 11) is 1.70. The molecule has 0 heterocycles. The van der Waals surface area contributed by atoms with E-state index in [0.29, 0.717) is 12.1 Å². The summed E-state index contributed by atoms with van der Waals surface area (Å²) in [6.45, 7) is 4.00. The lowest BCUT2D eigenvalue weighted by molar-refractivity contribution is -0.137. The first-order chi connectivity index (χ1) is 9.43. The van der Waals surface area contributed by atoms with E-state index >= 15 is 0 Å². The number of alkyl halides is 3. The molecule has 1 aromatic rings. The van der Waals surface area contributed by atoms with Gasteiger partial charge in [-0.2, -0.15) is 13.2 Å². The van der Waals surface area contributed by atoms with Crippen molar-refractivity contribution in [3.05, 3.63) is 60.3 Å². The first-order valence-electron chi connectivity index (χ1n) is 5.95. The zero-order chi connectivity index (χ0) is 15.0. The molecule has 0 aliphatic heterocycles. The molecule has 20 heavy (non-hydrogen) atoms. The minimum Gasteiger partial charge on any atom is -0.288 e. The Morgan fingerprint density at radius 1 is 1.40 bits per heavy atom. The molecule has 3 nitrogen and oxygen atoms in total. The van der Waals surface area contributed by atoms with E-state index in [1.54, 1.807) is 31.5 Å². The van der Waals surface area contributed by atoms with Crippen molar-refractivity contribution >= 4 is 0 Å². The molecule has 0 aliphatic carbocycles. The lowest BCUT2D eigenvalue weighted by Crippen LogP contribution is -2.23. The molecular weight excluding hydrogens is 269 g/mol. The van der Waals surface area contributed by atoms with Crippen LogP contribution in [-0.4, -0.2) is 18.8 Å². The number of hydrogen-bond donors (Lipinski definition) is 1. The second kappa shape index (κ2) is 7.72. The predicted molar refractivity (Wildman–Crippen MR) is 71.3 cm³/mol. The van der Waals surface area contributed by atoms with E-state index in [-0.39, 0.29) is 6.73 Å². The molecule has 0 atom stereocenters. The van der Waals surface area contributed by atoms with Crippen LogP contribution in [0, 0.1) is 0 Å². The second-order valence-electron chi connectivity index (χ2n) is 4.02. The number of benzene rings is 1. The van der Waals surface area contributed by atoms with Crippen LogP contribution in [0.2, 0.25) is 0 Å². The van der Waals surface area contributed by atoms with Gasteiger partial charge in [0.05, 0.1) is 5.56 Å². The third kappa shape index (κ3) is 5.90. The molecule has 0 aromatic heterocycles. The van der Waals surface area contributed by atoms with Crippen LogP contribution in [0.4, 0.5) is 13.2 Å². The Balaban J connectivity index is 2.39. The largest absolute Gasteiger partial charge is 0.416 e. The SMILES string of the molecule is C=C/C=C\N(C)OCNCc1cccc(C(F)(F)F)c1. The van der Waals surface area contributed by atoms with Crippen LogP contribution in [-0.2, 0) is 17.6 Å². The highest BCUT2D eigenvalue weighted by molar-refractivity contribution is 5.25. The van der Waals surface area contributed by atoms with Gasteiger partial charge in [-0.3, -0.25) is 15.2 Å². The predicted octanol–water partition coefficient (Wildman–Crippen LogP) is 3.32. The molecule has 0 spiro atoms. The summed E-state index contributed by atoms with van der Waals surface area (Å²) >= 11 is 0. The third-order valence-electron chi connectivity index (χ3n) is 2.39. The molecule has 6 heteroatoms. The molecule has 0 unspecified atom stereocenters. The summed E-state index contributed by atoms with van der Waals surface area (Å²) in [5.41, 5.74) is -0.100. The molecule has 0 amide bonds. The van der Waals surface area contributed by atoms with E-state index in [4.69, 9.17) is 4.84 Å². The Morgan fingerprint density at radius 2 is 2.15 bits per heavy atom. The maximum atomic E-state index is 12.5. The van der Waals surface area contributed by atoms with Gasteiger partial charge in [0.2, 0.25) is 0 Å². The molecule has 0 saturated heterocycles. The van der Waals surface area contributed by atoms with Gasteiger partial charge in [0.25, 0.3) is 0 Å². The average Bonchev–Trinajstić information content (AvgIpc) is 2.41. The molecule has 0 bridgehead atoms. The molecule has 0 saturated carbocycles. The Bertz CT molecular complexity index is 458. The highest BCUT2D eigenvalue weighted by Gasteiger charge is 2.30. The summed E-state index contributed by atoms with van der Waals surface area (Å²) < 4.78 is 37.5. The Kier molecular flexibility index (Phi) is 6.27. The summed E-state index contributed by atoms with van der Waals surface area (Å²) in [5, 5.41) is 4.37. The number of hydroxylamine groups is 2. The standard InChI is InChI=1S/C14H17F3N2O/c1-3-4-8-19(2)20-11-18-10-12-6-5-7-13(9-12)14(15,16)17/h3-9,18H,1,10-11H2,2H3/b8-4-. The van der Waals surface area contributed by atoms with Gasteiger partial charge in [-0.05, 0) is 17.7 Å². The van der Waals surface area contributed by atoms with Gasteiger partial charge >= 0.3 is 6.18 Å². The topological polar surface area (TPSA) is 24.5 Å². The zero-order valence-electron chi connectivity index (χ0n) is 11.2. The van der Waals surface area contributed by atoms with E-state index in [9.17, 15) is 13.2 Å². The van der Waals surface area contributed by atoms with Crippen molar-refractivity contribution in [2.45, 2.75) is 12.7 Å². The van der Waals surface area contributed by atoms with Crippen molar-refractivity contribution in [2.75, 3.05) is 13.8 Å². The number of allylic oxidation sites excluding steroid dienone is 2. The van der Waals surface area contributed by atoms with Crippen LogP contribution in [0.5, 0.6) is 0 Å². The summed E-state index contributed by atoms with van der Waals surface area (Å²) in [5.74, 6) is 0. The summed E-state index contributed by atoms with van der Waals surface area (Å²) in [6, 6.07) is 5.19. The first kappa shape index (κ1) is 16.3. The van der Waals surface area contributed by atoms with Crippen molar-refractivity contribution in [1.29, 1.82) is 0 Å². The van der Waals surface area contributed by atoms with Gasteiger partial charge < -0.3 is 0 Å². The zero-order valence-corrected chi connectivity index (χ0v) is 11.2. The number of hydrogen-bond acceptors (Lipinski definition) is 3. The van der Waals surface area contributed by atoms with E-state index in [1.807, 2.05) is 0 Å². The van der Waals surface area contributed by atoms with E-state index in [2.05, 4.69) is 11.9 Å². The molecule has 1 rings (SSSR count). The molecular formula is C14H17F3N2O. The van der Waals surface area contributed by atoms with Crippen molar-refractivity contribution < 1.29 is 18.0 Å². The van der Waals surface area contributed by atoms with Gasteiger partial charge in [-0.15, -0.1) is 0 Å². The number of rotatable bonds is 7. The summed E-state index contributed by atoms with van der Waals surface area (Å²) in [6.07, 6.45) is 0.657. The monoisotopic (exact) mass is 286 g/mol. The van der Waals surface area contributed by atoms with Crippen LogP contribution in [0.25, 0.3) is 0 Å². The average molecular weight is 286 g/mol. The van der Waals surface area contributed by atoms with Crippen LogP contribution in [0.1, 0.15) is 11.1 Å². The van der Waals surface area contributed by atoms with E-state index in [0.717, 1.165) is 12.1 Å². The van der Waals surface area contributed by atoms with Crippen molar-refractivity contribution in [2.24, 2.45) is 0 Å². The van der Waals surface area contributed by atoms with Crippen molar-refractivity contribution in [1.82, 2.24) is 10.4 Å². The molecule has 0 aliphatic rings. The molecule has 0 fully saturated rings. The quantitative estimate of drug-likeness (QED) is 0.360. The van der Waals surface area contributed by atoms with Gasteiger partial charge in [-0.25, -0.2) is 0 Å². The second-order valence-corrected chi connectivity index (χ2v) is 4.02. The fourth-order valence-corrected chi connectivity index (χ4v) is 1.43. The van der Waals surface area contributed by atoms with Crippen LogP contribution in [0.3, 0.4) is 0 Å². The van der Waals surface area contributed by atoms with Crippen LogP contribution >= 0.6 is 0 Å². The molecule has 0 radical (unpaired) electrons. The van der Waals surface area contributed by atoms with E-state index < -0.39 is 11.7 Å². The maximum absolute atomic E-state index is 12.5. The van der Waals surface area contributed by atoms with Gasteiger partial charge in [-0.1, -0.05) is 30.9 Å². The summed E-state index contributed by atoms with van der Waals surface area (Å²) in [4.78, 5) is 5.23. The number of nitrogens with one attached hydrogen (secondary N) is 1. The number of nitrogens with zero attached hydrogens (tertiary/aromatic N) is 1. The lowest BCUT2D eigenvalue weighted by Gasteiger charge is -2.14. The van der Waals surface area contributed by atoms with Crippen LogP contribution < -0.4 is 5.32 Å². The normalized spacial score (nSPS) is 11.8. The first-order valence-corrected chi connectivity index (χ1v) is 5.95. The maximum Gasteiger partial charge on any atom is 0.416 e. The highest BCUT2D eigenvalue weighted by Crippen LogP contribution is 2.29. The number of halogens is 3. The molecule has 1 N–H and O–H groups in total. The van der Waals surface area contributed by atoms with Crippen LogP contribution in [0.15, 0.2) is 49.2 Å². The van der Waals surface area contributed by atoms with E-state index in [1.165, 1.54) is 11.1 Å². The Labute approximate surface area is 116 Å². The third-order valence-corrected chi connectivity index (χ3v) is 2.39. The highest BCUT2D eigenvalue weighted by atomic mass is 19.4. The fourth-order valence-electron chi connectivity index (χ4n) is 1.43. The fraction of sp³-hybridized carbons (Fsp3) is 0.286. The molecule has 1 aromatic carbocycles. The lowest BCUT2D eigenvalue weighted by atomic mass is 10.1. The molecule has 110 valence electrons. The van der Waals surface area contributed by atoms with Crippen molar-refractivity contribution in [3.8, 4) is 0 Å². The van der Waals surface area contributed by atoms with Crippen molar-refractivity contribution in [3.63, 3.8) is 0 Å². The Hall–Kier alpha value is -1.79. The minimum atomic E-state index is -4.32. The minimum absolute atomic E-state index is 0.189. The van der Waals surface area contributed by atoms with Gasteiger partial charge in [0, 0.05) is 19.8 Å². The Morgan fingerprint density at radius 3 is 2.80 bits per heavy atom. The van der Waals surface area contributed by atoms with Gasteiger partial charge in [0.15, 0.2) is 0 Å². The smallest absolute Gasteiger partial charge is 0.288 e.